The van der Waals surface area contributed by atoms with Crippen LogP contribution >= 0.6 is 10.9 Å². The fourth-order valence-corrected chi connectivity index (χ4v) is 1.47. The van der Waals surface area contributed by atoms with E-state index in [0.717, 1.165) is 0 Å². The van der Waals surface area contributed by atoms with Crippen molar-refractivity contribution in [2.24, 2.45) is 0 Å². The van der Waals surface area contributed by atoms with Crippen LogP contribution < -0.4 is 0 Å². The number of rotatable bonds is 0. The van der Waals surface area contributed by atoms with E-state index in [0.29, 0.717) is 11.0 Å². The Bertz CT molecular complexity index is 325. The molecule has 0 saturated carbocycles. The Morgan fingerprint density at radius 2 is 2.30 bits per heavy atom. The Kier molecular flexibility index (Phi) is 1.12. The minimum Gasteiger partial charge on any atom is -0.569 e. The molecule has 4 nitrogen and oxygen atoms in total. The standard InChI is InChI=1S/C5H3N3OS/c9-10-2-5-4(8-10)1-6-3-7-5/h1-3H. The second kappa shape index (κ2) is 1.96. The van der Waals surface area contributed by atoms with E-state index in [-0.39, 0.29) is 0 Å². The molecule has 0 N–H and O–H groups in total. The lowest BCUT2D eigenvalue weighted by Crippen LogP contribution is -1.74. The monoisotopic (exact) mass is 153 g/mol. The van der Waals surface area contributed by atoms with Gasteiger partial charge in [0.15, 0.2) is 16.4 Å². The Hall–Kier alpha value is -1.07. The van der Waals surface area contributed by atoms with E-state index < -0.39 is 10.9 Å². The van der Waals surface area contributed by atoms with Gasteiger partial charge in [0, 0.05) is 0 Å². The van der Waals surface area contributed by atoms with Crippen LogP contribution in [0, 0.1) is 0 Å². The summed E-state index contributed by atoms with van der Waals surface area (Å²) >= 11 is 0. The highest BCUT2D eigenvalue weighted by Crippen LogP contribution is 2.15. The average molecular weight is 153 g/mol. The highest BCUT2D eigenvalue weighted by molar-refractivity contribution is 7.18. The lowest BCUT2D eigenvalue weighted by atomic mass is 10.5. The summed E-state index contributed by atoms with van der Waals surface area (Å²) in [5.41, 5.74) is 1.27. The number of nitrogens with zero attached hydrogens (tertiary/aromatic N) is 3. The van der Waals surface area contributed by atoms with Gasteiger partial charge in [-0.3, -0.25) is 0 Å². The first-order valence-corrected chi connectivity index (χ1v) is 3.80. The fraction of sp³-hybridized carbons (Fsp3) is 0. The maximum Gasteiger partial charge on any atom is 0.190 e. The van der Waals surface area contributed by atoms with E-state index in [4.69, 9.17) is 0 Å². The summed E-state index contributed by atoms with van der Waals surface area (Å²) in [5, 5.41) is 1.50. The molecular weight excluding hydrogens is 150 g/mol. The van der Waals surface area contributed by atoms with E-state index >= 15 is 0 Å². The van der Waals surface area contributed by atoms with Crippen LogP contribution in [-0.4, -0.2) is 18.9 Å². The van der Waals surface area contributed by atoms with E-state index in [2.05, 4.69) is 14.3 Å². The lowest BCUT2D eigenvalue weighted by molar-refractivity contribution is 0.592. The van der Waals surface area contributed by atoms with Gasteiger partial charge in [0.25, 0.3) is 0 Å². The van der Waals surface area contributed by atoms with Crippen LogP contribution in [0.3, 0.4) is 0 Å². The van der Waals surface area contributed by atoms with Crippen LogP contribution in [0.4, 0.5) is 0 Å². The highest BCUT2D eigenvalue weighted by Gasteiger charge is 2.02. The summed E-state index contributed by atoms with van der Waals surface area (Å²) in [6.07, 6.45) is 2.96. The zero-order valence-electron chi connectivity index (χ0n) is 4.89. The molecule has 0 amide bonds. The summed E-state index contributed by atoms with van der Waals surface area (Å²) in [5.74, 6) is 0. The molecule has 0 spiro atoms. The third kappa shape index (κ3) is 0.758. The van der Waals surface area contributed by atoms with Gasteiger partial charge in [0.05, 0.1) is 17.1 Å². The molecule has 1 unspecified atom stereocenters. The Balaban J connectivity index is 2.88. The van der Waals surface area contributed by atoms with Crippen molar-refractivity contribution in [2.45, 2.75) is 0 Å². The van der Waals surface area contributed by atoms with Crippen molar-refractivity contribution in [2.75, 3.05) is 0 Å². The van der Waals surface area contributed by atoms with Crippen molar-refractivity contribution >= 4 is 22.0 Å². The quantitative estimate of drug-likeness (QED) is 0.524. The number of hydrogen-bond acceptors (Lipinski definition) is 4. The van der Waals surface area contributed by atoms with Crippen LogP contribution in [-0.2, 0) is 0 Å². The van der Waals surface area contributed by atoms with E-state index in [1.54, 1.807) is 6.20 Å². The predicted molar refractivity (Wildman–Crippen MR) is 36.0 cm³/mol. The second-order valence-electron chi connectivity index (χ2n) is 1.78. The van der Waals surface area contributed by atoms with Gasteiger partial charge in [0.2, 0.25) is 0 Å². The smallest absolute Gasteiger partial charge is 0.190 e. The van der Waals surface area contributed by atoms with Gasteiger partial charge >= 0.3 is 0 Å². The van der Waals surface area contributed by atoms with Gasteiger partial charge in [-0.25, -0.2) is 9.97 Å². The van der Waals surface area contributed by atoms with Gasteiger partial charge in [-0.1, -0.05) is 0 Å². The first kappa shape index (κ1) is 5.70. The summed E-state index contributed by atoms with van der Waals surface area (Å²) < 4.78 is 14.5. The largest absolute Gasteiger partial charge is 0.569 e. The third-order valence-corrected chi connectivity index (χ3v) is 1.93. The van der Waals surface area contributed by atoms with Crippen molar-refractivity contribution in [3.8, 4) is 0 Å². The van der Waals surface area contributed by atoms with Crippen LogP contribution in [0.25, 0.3) is 11.0 Å². The maximum atomic E-state index is 10.7. The first-order valence-electron chi connectivity index (χ1n) is 2.63. The van der Waals surface area contributed by atoms with Gasteiger partial charge in [-0.15, -0.1) is 0 Å². The molecule has 5 heteroatoms. The van der Waals surface area contributed by atoms with Crippen molar-refractivity contribution < 1.29 is 4.55 Å². The minimum absolute atomic E-state index is 0.612. The molecule has 2 heterocycles. The Morgan fingerprint density at radius 1 is 1.40 bits per heavy atom. The molecule has 50 valence electrons. The molecule has 0 aromatic carbocycles. The second-order valence-corrected chi connectivity index (χ2v) is 2.75. The SMILES string of the molecule is [O-][s+]1cc2ncncc2n1. The molecule has 2 aromatic heterocycles. The van der Waals surface area contributed by atoms with Crippen molar-refractivity contribution in [1.82, 2.24) is 14.3 Å². The van der Waals surface area contributed by atoms with Gasteiger partial charge in [-0.2, -0.15) is 0 Å². The normalized spacial score (nSPS) is 12.3. The molecule has 1 atom stereocenters. The Morgan fingerprint density at radius 3 is 3.10 bits per heavy atom. The van der Waals surface area contributed by atoms with Crippen LogP contribution in [0.1, 0.15) is 0 Å². The predicted octanol–water partition coefficient (Wildman–Crippen LogP) is 0.752. The van der Waals surface area contributed by atoms with E-state index in [1.165, 1.54) is 11.7 Å². The lowest BCUT2D eigenvalue weighted by Gasteiger charge is -1.76. The molecule has 0 bridgehead atoms. The molecule has 10 heavy (non-hydrogen) atoms. The summed E-state index contributed by atoms with van der Waals surface area (Å²) in [7, 11) is -1.22. The van der Waals surface area contributed by atoms with Crippen LogP contribution in [0.2, 0.25) is 0 Å². The van der Waals surface area contributed by atoms with Crippen molar-refractivity contribution in [3.05, 3.63) is 17.9 Å². The molecule has 0 aliphatic carbocycles. The highest BCUT2D eigenvalue weighted by atomic mass is 32.2. The van der Waals surface area contributed by atoms with Crippen LogP contribution in [0.15, 0.2) is 17.9 Å². The van der Waals surface area contributed by atoms with Gasteiger partial charge in [0.1, 0.15) is 6.33 Å². The van der Waals surface area contributed by atoms with Gasteiger partial charge < -0.3 is 4.55 Å². The van der Waals surface area contributed by atoms with E-state index in [9.17, 15) is 4.55 Å². The summed E-state index contributed by atoms with van der Waals surface area (Å²) in [6.45, 7) is 0. The van der Waals surface area contributed by atoms with Crippen LogP contribution in [0.5, 0.6) is 0 Å². The molecular formula is C5H3N3OS. The van der Waals surface area contributed by atoms with Gasteiger partial charge in [-0.05, 0) is 4.37 Å². The molecule has 0 aliphatic heterocycles. The topological polar surface area (TPSA) is 61.7 Å². The molecule has 0 radical (unpaired) electrons. The average Bonchev–Trinajstić information content (AvgIpc) is 2.27. The maximum absolute atomic E-state index is 10.7. The van der Waals surface area contributed by atoms with Crippen molar-refractivity contribution in [3.63, 3.8) is 0 Å². The molecule has 0 aliphatic rings. The van der Waals surface area contributed by atoms with Crippen molar-refractivity contribution in [1.29, 1.82) is 0 Å². The molecule has 0 saturated heterocycles. The molecule has 0 fully saturated rings. The van der Waals surface area contributed by atoms with E-state index in [1.807, 2.05) is 0 Å². The summed E-state index contributed by atoms with van der Waals surface area (Å²) in [4.78, 5) is 7.59. The number of fused-ring (bicyclic) bond motifs is 1. The number of hydrogen-bond donors (Lipinski definition) is 0. The first-order chi connectivity index (χ1) is 4.86. The Labute approximate surface area is 59.5 Å². The zero-order valence-corrected chi connectivity index (χ0v) is 5.71. The molecule has 2 rings (SSSR count). The minimum atomic E-state index is -1.22. The zero-order chi connectivity index (χ0) is 6.97. The number of aromatic nitrogens is 3. The molecule has 2 aromatic rings. The summed E-state index contributed by atoms with van der Waals surface area (Å²) in [6, 6.07) is 0. The fourth-order valence-electron chi connectivity index (χ4n) is 0.712. The third-order valence-electron chi connectivity index (χ3n) is 1.12.